The van der Waals surface area contributed by atoms with Crippen LogP contribution in [-0.4, -0.2) is 24.3 Å². The van der Waals surface area contributed by atoms with Crippen LogP contribution in [0.25, 0.3) is 0 Å². The first-order valence-corrected chi connectivity index (χ1v) is 4.77. The third-order valence-corrected chi connectivity index (χ3v) is 2.92. The summed E-state index contributed by atoms with van der Waals surface area (Å²) in [6, 6.07) is 0. The van der Waals surface area contributed by atoms with Gasteiger partial charge in [-0.25, -0.2) is 0 Å². The Morgan fingerprint density at radius 1 is 1.46 bits per heavy atom. The van der Waals surface area contributed by atoms with E-state index >= 15 is 0 Å². The maximum atomic E-state index is 11.4. The molecule has 0 aromatic carbocycles. The number of rotatable bonds is 3. The topological polar surface area (TPSA) is 46.5 Å². The Labute approximate surface area is 77.4 Å². The molecule has 3 nitrogen and oxygen atoms in total. The van der Waals surface area contributed by atoms with Gasteiger partial charge in [0.1, 0.15) is 6.61 Å². The monoisotopic (exact) mass is 182 g/mol. The Kier molecular flexibility index (Phi) is 2.36. The van der Waals surface area contributed by atoms with Crippen molar-refractivity contribution in [2.75, 3.05) is 13.2 Å². The first-order chi connectivity index (χ1) is 6.31. The fourth-order valence-electron chi connectivity index (χ4n) is 2.31. The zero-order valence-electron chi connectivity index (χ0n) is 7.48. The van der Waals surface area contributed by atoms with Gasteiger partial charge in [0.2, 0.25) is 0 Å². The van der Waals surface area contributed by atoms with Gasteiger partial charge in [-0.1, -0.05) is 12.2 Å². The van der Waals surface area contributed by atoms with Crippen molar-refractivity contribution in [3.05, 3.63) is 12.2 Å². The van der Waals surface area contributed by atoms with Crippen molar-refractivity contribution >= 4 is 5.97 Å². The van der Waals surface area contributed by atoms with Crippen LogP contribution in [0.4, 0.5) is 0 Å². The molecule has 0 heterocycles. The number of carbonyl (C=O) groups is 1. The quantitative estimate of drug-likeness (QED) is 0.517. The summed E-state index contributed by atoms with van der Waals surface area (Å²) in [4.78, 5) is 11.4. The highest BCUT2D eigenvalue weighted by atomic mass is 16.5. The van der Waals surface area contributed by atoms with E-state index in [9.17, 15) is 4.79 Å². The average Bonchev–Trinajstić information content (AvgIpc) is 2.74. The van der Waals surface area contributed by atoms with Gasteiger partial charge in [0.05, 0.1) is 12.5 Å². The number of esters is 1. The van der Waals surface area contributed by atoms with Gasteiger partial charge in [0.15, 0.2) is 0 Å². The predicted molar refractivity (Wildman–Crippen MR) is 46.9 cm³/mol. The van der Waals surface area contributed by atoms with Gasteiger partial charge < -0.3 is 9.84 Å². The molecule has 3 atom stereocenters. The van der Waals surface area contributed by atoms with Crippen molar-refractivity contribution in [3.8, 4) is 0 Å². The van der Waals surface area contributed by atoms with E-state index in [4.69, 9.17) is 9.84 Å². The Morgan fingerprint density at radius 2 is 2.31 bits per heavy atom. The van der Waals surface area contributed by atoms with E-state index in [0.29, 0.717) is 11.8 Å². The molecule has 2 rings (SSSR count). The van der Waals surface area contributed by atoms with E-state index in [1.54, 1.807) is 0 Å². The Hall–Kier alpha value is -0.830. The molecule has 1 fully saturated rings. The first-order valence-electron chi connectivity index (χ1n) is 4.77. The Morgan fingerprint density at radius 3 is 2.85 bits per heavy atom. The molecule has 2 bridgehead atoms. The number of hydrogen-bond acceptors (Lipinski definition) is 3. The van der Waals surface area contributed by atoms with E-state index in [2.05, 4.69) is 12.2 Å². The summed E-state index contributed by atoms with van der Waals surface area (Å²) in [6.45, 7) is 0.0544. The van der Waals surface area contributed by atoms with Crippen LogP contribution in [0.5, 0.6) is 0 Å². The summed E-state index contributed by atoms with van der Waals surface area (Å²) in [5.41, 5.74) is 0. The summed E-state index contributed by atoms with van der Waals surface area (Å²) in [7, 11) is 0. The molecule has 0 aliphatic heterocycles. The van der Waals surface area contributed by atoms with Crippen LogP contribution in [-0.2, 0) is 9.53 Å². The first kappa shape index (κ1) is 8.75. The highest BCUT2D eigenvalue weighted by Crippen LogP contribution is 2.43. The lowest BCUT2D eigenvalue weighted by molar-refractivity contribution is -0.150. The van der Waals surface area contributed by atoms with Gasteiger partial charge in [-0.3, -0.25) is 4.79 Å². The molecule has 3 heteroatoms. The molecule has 0 radical (unpaired) electrons. The number of aliphatic hydroxyl groups excluding tert-OH is 1. The summed E-state index contributed by atoms with van der Waals surface area (Å²) in [6.07, 6.45) is 6.36. The van der Waals surface area contributed by atoms with Gasteiger partial charge in [0.25, 0.3) is 0 Å². The molecule has 0 spiro atoms. The number of ether oxygens (including phenoxy) is 1. The lowest BCUT2D eigenvalue weighted by Gasteiger charge is -2.15. The van der Waals surface area contributed by atoms with Gasteiger partial charge in [-0.05, 0) is 24.7 Å². The normalized spacial score (nSPS) is 35.3. The summed E-state index contributed by atoms with van der Waals surface area (Å²) in [5.74, 6) is 0.917. The zero-order chi connectivity index (χ0) is 9.26. The lowest BCUT2D eigenvalue weighted by atomic mass is 9.94. The summed E-state index contributed by atoms with van der Waals surface area (Å²) < 4.78 is 4.90. The van der Waals surface area contributed by atoms with Crippen LogP contribution in [0.15, 0.2) is 12.2 Å². The molecular weight excluding hydrogens is 168 g/mol. The van der Waals surface area contributed by atoms with Crippen molar-refractivity contribution in [1.29, 1.82) is 0 Å². The SMILES string of the molecule is O=C(OCCO)[C@@H]1C[C@H]2C=C[C@@H]1C2. The van der Waals surface area contributed by atoms with E-state index in [-0.39, 0.29) is 25.1 Å². The maximum absolute atomic E-state index is 11.4. The van der Waals surface area contributed by atoms with Crippen molar-refractivity contribution < 1.29 is 14.6 Å². The van der Waals surface area contributed by atoms with Gasteiger partial charge in [-0.2, -0.15) is 0 Å². The number of fused-ring (bicyclic) bond motifs is 2. The third kappa shape index (κ3) is 1.61. The van der Waals surface area contributed by atoms with Crippen LogP contribution in [0.1, 0.15) is 12.8 Å². The fourth-order valence-corrected chi connectivity index (χ4v) is 2.31. The van der Waals surface area contributed by atoms with Gasteiger partial charge >= 0.3 is 5.97 Å². The highest BCUT2D eigenvalue weighted by molar-refractivity contribution is 5.74. The molecule has 1 N–H and O–H groups in total. The van der Waals surface area contributed by atoms with Crippen molar-refractivity contribution in [2.24, 2.45) is 17.8 Å². The summed E-state index contributed by atoms with van der Waals surface area (Å²) >= 11 is 0. The molecule has 2 aliphatic carbocycles. The number of carbonyl (C=O) groups excluding carboxylic acids is 1. The molecular formula is C10H14O3. The minimum Gasteiger partial charge on any atom is -0.463 e. The maximum Gasteiger partial charge on any atom is 0.309 e. The molecule has 2 aliphatic rings. The minimum absolute atomic E-state index is 0.0570. The van der Waals surface area contributed by atoms with Crippen molar-refractivity contribution in [1.82, 2.24) is 0 Å². The lowest BCUT2D eigenvalue weighted by Crippen LogP contribution is -2.22. The van der Waals surface area contributed by atoms with Crippen molar-refractivity contribution in [2.45, 2.75) is 12.8 Å². The number of aliphatic hydroxyl groups is 1. The second-order valence-corrected chi connectivity index (χ2v) is 3.78. The highest BCUT2D eigenvalue weighted by Gasteiger charge is 2.40. The van der Waals surface area contributed by atoms with Crippen LogP contribution in [0.3, 0.4) is 0 Å². The van der Waals surface area contributed by atoms with Crippen LogP contribution < -0.4 is 0 Å². The van der Waals surface area contributed by atoms with E-state index in [0.717, 1.165) is 12.8 Å². The van der Waals surface area contributed by atoms with E-state index in [1.165, 1.54) is 0 Å². The second kappa shape index (κ2) is 3.50. The van der Waals surface area contributed by atoms with Crippen LogP contribution in [0.2, 0.25) is 0 Å². The van der Waals surface area contributed by atoms with Crippen molar-refractivity contribution in [3.63, 3.8) is 0 Å². The molecule has 0 unspecified atom stereocenters. The Bertz CT molecular complexity index is 234. The molecule has 0 aromatic rings. The van der Waals surface area contributed by atoms with E-state index in [1.807, 2.05) is 0 Å². The molecule has 0 saturated heterocycles. The Balaban J connectivity index is 1.88. The molecule has 0 amide bonds. The van der Waals surface area contributed by atoms with Crippen LogP contribution >= 0.6 is 0 Å². The second-order valence-electron chi connectivity index (χ2n) is 3.78. The molecule has 1 saturated carbocycles. The largest absolute Gasteiger partial charge is 0.463 e. The third-order valence-electron chi connectivity index (χ3n) is 2.92. The molecule has 13 heavy (non-hydrogen) atoms. The van der Waals surface area contributed by atoms with Gasteiger partial charge in [0, 0.05) is 0 Å². The molecule has 72 valence electrons. The zero-order valence-corrected chi connectivity index (χ0v) is 7.48. The van der Waals surface area contributed by atoms with Gasteiger partial charge in [-0.15, -0.1) is 0 Å². The predicted octanol–water partition coefficient (Wildman–Crippen LogP) is 0.734. The standard InChI is InChI=1S/C10H14O3/c11-3-4-13-10(12)9-6-7-1-2-8(9)5-7/h1-2,7-9,11H,3-6H2/t7-,8+,9+/m0/s1. The fraction of sp³-hybridized carbons (Fsp3) is 0.700. The van der Waals surface area contributed by atoms with E-state index < -0.39 is 0 Å². The minimum atomic E-state index is -0.133. The molecule has 0 aromatic heterocycles. The number of allylic oxidation sites excluding steroid dienone is 2. The number of hydrogen-bond donors (Lipinski definition) is 1. The van der Waals surface area contributed by atoms with Crippen LogP contribution in [0, 0.1) is 17.8 Å². The summed E-state index contributed by atoms with van der Waals surface area (Å²) in [5, 5.41) is 8.50. The average molecular weight is 182 g/mol. The smallest absolute Gasteiger partial charge is 0.309 e.